The van der Waals surface area contributed by atoms with Gasteiger partial charge in [-0.1, -0.05) is 35.9 Å². The van der Waals surface area contributed by atoms with Gasteiger partial charge in [0.2, 0.25) is 6.79 Å². The summed E-state index contributed by atoms with van der Waals surface area (Å²) in [5.41, 5.74) is 2.75. The lowest BCUT2D eigenvalue weighted by Crippen LogP contribution is -2.27. The molecule has 1 heterocycles. The minimum Gasteiger partial charge on any atom is -0.454 e. The number of benzene rings is 2. The molecule has 1 aliphatic heterocycles. The molecule has 0 aliphatic carbocycles. The van der Waals surface area contributed by atoms with Gasteiger partial charge in [0, 0.05) is 24.7 Å². The van der Waals surface area contributed by atoms with E-state index < -0.39 is 0 Å². The number of hydrogen-bond donors (Lipinski definition) is 1. The molecule has 0 spiro atoms. The topological polar surface area (TPSA) is 50.8 Å². The molecule has 138 valence electrons. The van der Waals surface area contributed by atoms with Gasteiger partial charge in [0.05, 0.1) is 5.02 Å². The number of nitrogens with zero attached hydrogens (tertiary/aromatic N) is 1. The Morgan fingerprint density at radius 2 is 1.96 bits per heavy atom. The van der Waals surface area contributed by atoms with Crippen molar-refractivity contribution >= 4 is 17.5 Å². The minimum absolute atomic E-state index is 0.122. The molecule has 1 aliphatic rings. The van der Waals surface area contributed by atoms with Gasteiger partial charge in [-0.3, -0.25) is 9.69 Å². The highest BCUT2D eigenvalue weighted by atomic mass is 35.5. The van der Waals surface area contributed by atoms with Crippen molar-refractivity contribution in [3.8, 4) is 11.5 Å². The zero-order chi connectivity index (χ0) is 18.7. The van der Waals surface area contributed by atoms with E-state index in [0.29, 0.717) is 34.7 Å². The lowest BCUT2D eigenvalue weighted by Gasteiger charge is -2.22. The third-order valence-corrected chi connectivity index (χ3v) is 4.83. The summed E-state index contributed by atoms with van der Waals surface area (Å²) >= 11 is 6.16. The van der Waals surface area contributed by atoms with E-state index in [1.807, 2.05) is 18.2 Å². The van der Waals surface area contributed by atoms with Gasteiger partial charge in [-0.05, 0) is 44.2 Å². The second-order valence-corrected chi connectivity index (χ2v) is 7.06. The van der Waals surface area contributed by atoms with Crippen LogP contribution >= 0.6 is 11.6 Å². The van der Waals surface area contributed by atoms with E-state index in [1.165, 1.54) is 5.56 Å². The number of carbonyl (C=O) groups excluding carboxylic acids is 1. The maximum atomic E-state index is 12.5. The van der Waals surface area contributed by atoms with Gasteiger partial charge in [0.25, 0.3) is 5.91 Å². The summed E-state index contributed by atoms with van der Waals surface area (Å²) < 4.78 is 10.6. The third kappa shape index (κ3) is 4.11. The Labute approximate surface area is 158 Å². The SMILES string of the molecule is CC(C)N(C)Cc1ccccc1CNC(=O)c1cc(Cl)c2c(c1)OCO2. The summed E-state index contributed by atoms with van der Waals surface area (Å²) in [6.07, 6.45) is 0. The molecule has 0 atom stereocenters. The zero-order valence-corrected chi connectivity index (χ0v) is 16.0. The molecular formula is C20H23ClN2O3. The fourth-order valence-electron chi connectivity index (χ4n) is 2.71. The fourth-order valence-corrected chi connectivity index (χ4v) is 2.98. The predicted molar refractivity (Wildman–Crippen MR) is 102 cm³/mol. The molecule has 0 saturated carbocycles. The Kier molecular flexibility index (Phi) is 5.69. The zero-order valence-electron chi connectivity index (χ0n) is 15.2. The van der Waals surface area contributed by atoms with Gasteiger partial charge in [-0.2, -0.15) is 0 Å². The maximum Gasteiger partial charge on any atom is 0.251 e. The first-order chi connectivity index (χ1) is 12.5. The van der Waals surface area contributed by atoms with Crippen LogP contribution in [0, 0.1) is 0 Å². The molecule has 0 radical (unpaired) electrons. The van der Waals surface area contributed by atoms with Crippen molar-refractivity contribution in [2.24, 2.45) is 0 Å². The molecule has 2 aromatic carbocycles. The van der Waals surface area contributed by atoms with Crippen molar-refractivity contribution in [2.45, 2.75) is 33.0 Å². The number of carbonyl (C=O) groups is 1. The average molecular weight is 375 g/mol. The number of amides is 1. The first kappa shape index (κ1) is 18.5. The van der Waals surface area contributed by atoms with E-state index in [9.17, 15) is 4.79 Å². The monoisotopic (exact) mass is 374 g/mol. The Morgan fingerprint density at radius 3 is 2.69 bits per heavy atom. The van der Waals surface area contributed by atoms with E-state index in [1.54, 1.807) is 12.1 Å². The molecule has 0 aromatic heterocycles. The van der Waals surface area contributed by atoms with E-state index >= 15 is 0 Å². The molecule has 0 bridgehead atoms. The summed E-state index contributed by atoms with van der Waals surface area (Å²) in [5, 5.41) is 3.34. The van der Waals surface area contributed by atoms with Crippen LogP contribution in [0.5, 0.6) is 11.5 Å². The normalized spacial score (nSPS) is 12.7. The summed E-state index contributed by atoms with van der Waals surface area (Å²) in [5.74, 6) is 0.795. The van der Waals surface area contributed by atoms with E-state index in [4.69, 9.17) is 21.1 Å². The van der Waals surface area contributed by atoms with Crippen LogP contribution in [0.25, 0.3) is 0 Å². The van der Waals surface area contributed by atoms with Crippen molar-refractivity contribution in [1.29, 1.82) is 0 Å². The molecule has 26 heavy (non-hydrogen) atoms. The van der Waals surface area contributed by atoms with Crippen molar-refractivity contribution in [1.82, 2.24) is 10.2 Å². The molecule has 0 fully saturated rings. The van der Waals surface area contributed by atoms with Crippen LogP contribution < -0.4 is 14.8 Å². The van der Waals surface area contributed by atoms with E-state index in [2.05, 4.69) is 37.2 Å². The van der Waals surface area contributed by atoms with Crippen LogP contribution in [0.4, 0.5) is 0 Å². The van der Waals surface area contributed by atoms with Crippen LogP contribution in [-0.4, -0.2) is 30.7 Å². The van der Waals surface area contributed by atoms with Crippen LogP contribution in [0.3, 0.4) is 0 Å². The number of fused-ring (bicyclic) bond motifs is 1. The lowest BCUT2D eigenvalue weighted by molar-refractivity contribution is 0.0950. The number of nitrogens with one attached hydrogen (secondary N) is 1. The van der Waals surface area contributed by atoms with Crippen LogP contribution in [-0.2, 0) is 13.1 Å². The molecule has 2 aromatic rings. The Morgan fingerprint density at radius 1 is 1.23 bits per heavy atom. The third-order valence-electron chi connectivity index (χ3n) is 4.55. The number of halogens is 1. The molecule has 1 N–H and O–H groups in total. The van der Waals surface area contributed by atoms with Gasteiger partial charge >= 0.3 is 0 Å². The maximum absolute atomic E-state index is 12.5. The molecule has 0 unspecified atom stereocenters. The second kappa shape index (κ2) is 7.98. The highest BCUT2D eigenvalue weighted by molar-refractivity contribution is 6.32. The van der Waals surface area contributed by atoms with Crippen LogP contribution in [0.15, 0.2) is 36.4 Å². The highest BCUT2D eigenvalue weighted by Gasteiger charge is 2.20. The van der Waals surface area contributed by atoms with E-state index in [0.717, 1.165) is 12.1 Å². The van der Waals surface area contributed by atoms with Crippen LogP contribution in [0.1, 0.15) is 35.3 Å². The van der Waals surface area contributed by atoms with Crippen molar-refractivity contribution in [3.05, 3.63) is 58.1 Å². The van der Waals surface area contributed by atoms with Crippen LogP contribution in [0.2, 0.25) is 5.02 Å². The van der Waals surface area contributed by atoms with Gasteiger partial charge in [-0.25, -0.2) is 0 Å². The summed E-state index contributed by atoms with van der Waals surface area (Å²) in [6.45, 7) is 5.73. The smallest absolute Gasteiger partial charge is 0.251 e. The predicted octanol–water partition coefficient (Wildman–Crippen LogP) is 3.84. The van der Waals surface area contributed by atoms with Gasteiger partial charge in [-0.15, -0.1) is 0 Å². The molecule has 5 nitrogen and oxygen atoms in total. The number of rotatable bonds is 6. The first-order valence-corrected chi connectivity index (χ1v) is 8.98. The lowest BCUT2D eigenvalue weighted by atomic mass is 10.1. The summed E-state index contributed by atoms with van der Waals surface area (Å²) in [6, 6.07) is 11.8. The first-order valence-electron chi connectivity index (χ1n) is 8.60. The van der Waals surface area contributed by atoms with E-state index in [-0.39, 0.29) is 12.7 Å². The molecule has 0 saturated heterocycles. The quantitative estimate of drug-likeness (QED) is 0.834. The summed E-state index contributed by atoms with van der Waals surface area (Å²) in [4.78, 5) is 14.8. The van der Waals surface area contributed by atoms with Gasteiger partial charge < -0.3 is 14.8 Å². The number of ether oxygens (including phenoxy) is 2. The molecular weight excluding hydrogens is 352 g/mol. The molecule has 1 amide bonds. The second-order valence-electron chi connectivity index (χ2n) is 6.65. The van der Waals surface area contributed by atoms with Crippen molar-refractivity contribution in [3.63, 3.8) is 0 Å². The van der Waals surface area contributed by atoms with Crippen molar-refractivity contribution < 1.29 is 14.3 Å². The number of hydrogen-bond acceptors (Lipinski definition) is 4. The standard InChI is InChI=1S/C20H23ClN2O3/c1-13(2)23(3)11-15-7-5-4-6-14(15)10-22-20(24)16-8-17(21)19-18(9-16)25-12-26-19/h4-9,13H,10-12H2,1-3H3,(H,22,24). The highest BCUT2D eigenvalue weighted by Crippen LogP contribution is 2.39. The van der Waals surface area contributed by atoms with Gasteiger partial charge in [0.15, 0.2) is 11.5 Å². The Balaban J connectivity index is 1.70. The Bertz CT molecular complexity index is 808. The Hall–Kier alpha value is -2.24. The minimum atomic E-state index is -0.197. The van der Waals surface area contributed by atoms with Crippen molar-refractivity contribution in [2.75, 3.05) is 13.8 Å². The molecule has 6 heteroatoms. The summed E-state index contributed by atoms with van der Waals surface area (Å²) in [7, 11) is 2.09. The average Bonchev–Trinajstić information content (AvgIpc) is 3.09. The van der Waals surface area contributed by atoms with Gasteiger partial charge in [0.1, 0.15) is 0 Å². The fraction of sp³-hybridized carbons (Fsp3) is 0.350. The molecule has 3 rings (SSSR count). The largest absolute Gasteiger partial charge is 0.454 e.